The summed E-state index contributed by atoms with van der Waals surface area (Å²) in [7, 11) is 1.83. The van der Waals surface area contributed by atoms with E-state index in [1.807, 2.05) is 7.05 Å². The number of rotatable bonds is 4. The number of carbonyl (C=O) groups excluding carboxylic acids is 1. The largest absolute Gasteiger partial charge is 0.456 e. The van der Waals surface area contributed by atoms with Crippen LogP contribution >= 0.6 is 23.2 Å². The molecule has 8 heteroatoms. The smallest absolute Gasteiger partial charge is 0.338 e. The van der Waals surface area contributed by atoms with Crippen molar-refractivity contribution in [2.24, 2.45) is 7.05 Å². The lowest BCUT2D eigenvalue weighted by molar-refractivity contribution is 0.0464. The van der Waals surface area contributed by atoms with Gasteiger partial charge in [0.05, 0.1) is 23.8 Å². The molecule has 0 aliphatic carbocycles. The topological polar surface area (TPSA) is 70.2 Å². The highest BCUT2D eigenvalue weighted by molar-refractivity contribution is 6.35. The molecule has 0 atom stereocenters. The van der Waals surface area contributed by atoms with Crippen LogP contribution in [0.3, 0.4) is 0 Å². The number of benzene rings is 2. The van der Waals surface area contributed by atoms with Gasteiger partial charge in [0.15, 0.2) is 5.58 Å². The Morgan fingerprint density at radius 2 is 1.96 bits per heavy atom. The maximum atomic E-state index is 12.3. The second-order valence-corrected chi connectivity index (χ2v) is 6.80. The molecule has 0 saturated carbocycles. The summed E-state index contributed by atoms with van der Waals surface area (Å²) in [5.41, 5.74) is 2.91. The monoisotopic (exact) mass is 401 g/mol. The molecule has 0 aliphatic rings. The van der Waals surface area contributed by atoms with Crippen molar-refractivity contribution in [3.8, 4) is 11.5 Å². The Balaban J connectivity index is 1.58. The van der Waals surface area contributed by atoms with Crippen LogP contribution in [0.4, 0.5) is 0 Å². The van der Waals surface area contributed by atoms with Crippen LogP contribution < -0.4 is 0 Å². The van der Waals surface area contributed by atoms with Gasteiger partial charge in [0.25, 0.3) is 0 Å². The van der Waals surface area contributed by atoms with E-state index in [9.17, 15) is 4.79 Å². The van der Waals surface area contributed by atoms with Gasteiger partial charge in [0.1, 0.15) is 12.1 Å². The normalized spacial score (nSPS) is 11.1. The first-order valence-electron chi connectivity index (χ1n) is 7.99. The summed E-state index contributed by atoms with van der Waals surface area (Å²) in [5, 5.41) is 0.971. The molecule has 0 N–H and O–H groups in total. The Kier molecular flexibility index (Phi) is 4.59. The Morgan fingerprint density at radius 3 is 2.67 bits per heavy atom. The molecule has 0 amide bonds. The van der Waals surface area contributed by atoms with Gasteiger partial charge < -0.3 is 13.7 Å². The van der Waals surface area contributed by atoms with Crippen LogP contribution in [-0.2, 0) is 18.4 Å². The minimum Gasteiger partial charge on any atom is -0.456 e. The van der Waals surface area contributed by atoms with E-state index in [-0.39, 0.29) is 6.61 Å². The molecule has 2 aromatic carbocycles. The molecule has 0 radical (unpaired) electrons. The van der Waals surface area contributed by atoms with Gasteiger partial charge in [-0.2, -0.15) is 0 Å². The van der Waals surface area contributed by atoms with Crippen LogP contribution in [0.15, 0.2) is 53.3 Å². The van der Waals surface area contributed by atoms with Gasteiger partial charge in [-0.05, 0) is 36.4 Å². The summed E-state index contributed by atoms with van der Waals surface area (Å²) < 4.78 is 12.9. The molecular weight excluding hydrogens is 389 g/mol. The maximum Gasteiger partial charge on any atom is 0.338 e. The molecule has 4 aromatic rings. The van der Waals surface area contributed by atoms with Gasteiger partial charge in [-0.15, -0.1) is 0 Å². The van der Waals surface area contributed by atoms with Crippen molar-refractivity contribution >= 4 is 40.3 Å². The number of ether oxygens (including phenoxy) is 1. The number of oxazole rings is 1. The fourth-order valence-electron chi connectivity index (χ4n) is 2.60. The lowest BCUT2D eigenvalue weighted by Crippen LogP contribution is -2.07. The van der Waals surface area contributed by atoms with Crippen LogP contribution in [-0.4, -0.2) is 20.5 Å². The van der Waals surface area contributed by atoms with Crippen LogP contribution in [0, 0.1) is 0 Å². The van der Waals surface area contributed by atoms with Gasteiger partial charge in [-0.1, -0.05) is 23.2 Å². The molecule has 27 heavy (non-hydrogen) atoms. The van der Waals surface area contributed by atoms with Crippen molar-refractivity contribution in [1.29, 1.82) is 0 Å². The Labute approximate surface area is 164 Å². The molecule has 0 fully saturated rings. The maximum absolute atomic E-state index is 12.3. The zero-order chi connectivity index (χ0) is 19.0. The second kappa shape index (κ2) is 7.06. The summed E-state index contributed by atoms with van der Waals surface area (Å²) in [5.74, 6) is -0.0864. The highest BCUT2D eigenvalue weighted by atomic mass is 35.5. The minimum absolute atomic E-state index is 0.135. The summed E-state index contributed by atoms with van der Waals surface area (Å²) in [6.45, 7) is 0.135. The first-order valence-corrected chi connectivity index (χ1v) is 8.74. The summed E-state index contributed by atoms with van der Waals surface area (Å²) in [4.78, 5) is 20.7. The van der Waals surface area contributed by atoms with Gasteiger partial charge in [-0.25, -0.2) is 14.8 Å². The zero-order valence-corrected chi connectivity index (χ0v) is 15.7. The first kappa shape index (κ1) is 17.6. The van der Waals surface area contributed by atoms with E-state index in [1.54, 1.807) is 53.5 Å². The van der Waals surface area contributed by atoms with Gasteiger partial charge in [0, 0.05) is 22.7 Å². The quantitative estimate of drug-likeness (QED) is 0.455. The lowest BCUT2D eigenvalue weighted by atomic mass is 10.2. The third-order valence-corrected chi connectivity index (χ3v) is 4.44. The molecule has 0 bridgehead atoms. The minimum atomic E-state index is -0.457. The number of hydrogen-bond donors (Lipinski definition) is 0. The first-order chi connectivity index (χ1) is 13.0. The SMILES string of the molecule is Cn1cncc1COC(=O)c1ccc2nc(-c3cc(Cl)cc(Cl)c3)oc2c1. The average Bonchev–Trinajstić information content (AvgIpc) is 3.24. The predicted octanol–water partition coefficient (Wildman–Crippen LogP) is 4.89. The third kappa shape index (κ3) is 3.67. The Bertz CT molecular complexity index is 1130. The van der Waals surface area contributed by atoms with Crippen LogP contribution in [0.2, 0.25) is 10.0 Å². The van der Waals surface area contributed by atoms with E-state index in [0.717, 1.165) is 5.69 Å². The average molecular weight is 402 g/mol. The fraction of sp³-hybridized carbons (Fsp3) is 0.105. The lowest BCUT2D eigenvalue weighted by Gasteiger charge is -2.05. The van der Waals surface area contributed by atoms with Gasteiger partial charge >= 0.3 is 5.97 Å². The number of aromatic nitrogens is 3. The molecule has 4 rings (SSSR count). The van der Waals surface area contributed by atoms with E-state index in [1.165, 1.54) is 0 Å². The number of fused-ring (bicyclic) bond motifs is 1. The molecule has 136 valence electrons. The third-order valence-electron chi connectivity index (χ3n) is 4.00. The number of aryl methyl sites for hydroxylation is 1. The van der Waals surface area contributed by atoms with Gasteiger partial charge in [-0.3, -0.25) is 0 Å². The summed E-state index contributed by atoms with van der Waals surface area (Å²) in [6, 6.07) is 10.00. The van der Waals surface area contributed by atoms with Crippen molar-refractivity contribution in [1.82, 2.24) is 14.5 Å². The fourth-order valence-corrected chi connectivity index (χ4v) is 3.12. The molecule has 2 heterocycles. The molecule has 2 aromatic heterocycles. The number of halogens is 2. The Morgan fingerprint density at radius 1 is 1.19 bits per heavy atom. The van der Waals surface area contributed by atoms with Crippen molar-refractivity contribution in [3.63, 3.8) is 0 Å². The zero-order valence-electron chi connectivity index (χ0n) is 14.1. The molecular formula is C19H13Cl2N3O3. The molecule has 0 unspecified atom stereocenters. The molecule has 0 aliphatic heterocycles. The Hall–Kier alpha value is -2.83. The summed E-state index contributed by atoms with van der Waals surface area (Å²) >= 11 is 12.1. The second-order valence-electron chi connectivity index (χ2n) is 5.93. The van der Waals surface area contributed by atoms with E-state index in [4.69, 9.17) is 32.4 Å². The highest BCUT2D eigenvalue weighted by Gasteiger charge is 2.14. The van der Waals surface area contributed by atoms with Crippen LogP contribution in [0.1, 0.15) is 16.1 Å². The number of carbonyl (C=O) groups is 1. The summed E-state index contributed by atoms with van der Waals surface area (Å²) in [6.07, 6.45) is 3.29. The highest BCUT2D eigenvalue weighted by Crippen LogP contribution is 2.29. The number of esters is 1. The molecule has 0 spiro atoms. The van der Waals surface area contributed by atoms with Crippen molar-refractivity contribution in [2.45, 2.75) is 6.61 Å². The van der Waals surface area contributed by atoms with E-state index in [2.05, 4.69) is 9.97 Å². The van der Waals surface area contributed by atoms with Crippen LogP contribution in [0.5, 0.6) is 0 Å². The van der Waals surface area contributed by atoms with Crippen molar-refractivity contribution < 1.29 is 13.9 Å². The van der Waals surface area contributed by atoms with Gasteiger partial charge in [0.2, 0.25) is 5.89 Å². The van der Waals surface area contributed by atoms with Crippen molar-refractivity contribution in [2.75, 3.05) is 0 Å². The predicted molar refractivity (Wildman–Crippen MR) is 102 cm³/mol. The molecule has 0 saturated heterocycles. The number of hydrogen-bond acceptors (Lipinski definition) is 5. The van der Waals surface area contributed by atoms with Crippen molar-refractivity contribution in [3.05, 3.63) is 70.2 Å². The van der Waals surface area contributed by atoms with Crippen LogP contribution in [0.25, 0.3) is 22.6 Å². The molecule has 6 nitrogen and oxygen atoms in total. The standard InChI is InChI=1S/C19H13Cl2N3O3/c1-24-10-22-8-15(24)9-26-19(25)11-2-3-16-17(6-11)27-18(23-16)12-4-13(20)7-14(21)5-12/h2-8,10H,9H2,1H3. The number of nitrogens with zero attached hydrogens (tertiary/aromatic N) is 3. The van der Waals surface area contributed by atoms with E-state index < -0.39 is 5.97 Å². The number of imidazole rings is 1. The van der Waals surface area contributed by atoms with E-state index >= 15 is 0 Å². The van der Waals surface area contributed by atoms with E-state index in [0.29, 0.717) is 38.2 Å².